The molecule has 0 fully saturated rings. The number of hydrogen-bond acceptors (Lipinski definition) is 6. The van der Waals surface area contributed by atoms with Crippen molar-refractivity contribution in [2.45, 2.75) is 0 Å². The maximum atomic E-state index is 12.4. The third-order valence-corrected chi connectivity index (χ3v) is 3.10. The first kappa shape index (κ1) is 16.1. The lowest BCUT2D eigenvalue weighted by molar-refractivity contribution is -0.384. The van der Waals surface area contributed by atoms with Gasteiger partial charge < -0.3 is 19.9 Å². The first-order chi connectivity index (χ1) is 11.0. The van der Waals surface area contributed by atoms with E-state index in [1.165, 1.54) is 50.6 Å². The number of nitrogens with one attached hydrogen (secondary N) is 1. The second-order valence-corrected chi connectivity index (χ2v) is 4.45. The summed E-state index contributed by atoms with van der Waals surface area (Å²) < 4.78 is 10.1. The van der Waals surface area contributed by atoms with Crippen LogP contribution >= 0.6 is 0 Å². The summed E-state index contributed by atoms with van der Waals surface area (Å²) in [4.78, 5) is 22.6. The van der Waals surface area contributed by atoms with Crippen molar-refractivity contribution in [3.8, 4) is 17.2 Å². The van der Waals surface area contributed by atoms with E-state index in [0.29, 0.717) is 0 Å². The molecule has 0 heterocycles. The lowest BCUT2D eigenvalue weighted by Gasteiger charge is -2.13. The molecule has 0 bridgehead atoms. The third-order valence-electron chi connectivity index (χ3n) is 3.10. The van der Waals surface area contributed by atoms with E-state index in [0.717, 1.165) is 0 Å². The molecule has 2 N–H and O–H groups in total. The number of nitrogens with zero attached hydrogens (tertiary/aromatic N) is 1. The monoisotopic (exact) mass is 318 g/mol. The van der Waals surface area contributed by atoms with Crippen molar-refractivity contribution < 1.29 is 24.3 Å². The number of ether oxygens (including phenoxy) is 2. The number of amides is 1. The van der Waals surface area contributed by atoms with Crippen LogP contribution in [-0.4, -0.2) is 30.2 Å². The molecule has 0 atom stereocenters. The average molecular weight is 318 g/mol. The van der Waals surface area contributed by atoms with E-state index in [1.807, 2.05) is 0 Å². The molecule has 0 aliphatic carbocycles. The molecule has 120 valence electrons. The highest BCUT2D eigenvalue weighted by molar-refractivity contribution is 6.08. The van der Waals surface area contributed by atoms with Gasteiger partial charge >= 0.3 is 0 Å². The maximum Gasteiger partial charge on any atom is 0.273 e. The van der Waals surface area contributed by atoms with Gasteiger partial charge in [0.05, 0.1) is 30.9 Å². The van der Waals surface area contributed by atoms with Gasteiger partial charge in [-0.15, -0.1) is 0 Å². The molecule has 0 aromatic heterocycles. The Labute approximate surface area is 131 Å². The maximum absolute atomic E-state index is 12.4. The third kappa shape index (κ3) is 3.31. The summed E-state index contributed by atoms with van der Waals surface area (Å²) in [7, 11) is 2.70. The molecule has 8 nitrogen and oxygen atoms in total. The number of nitro benzene ring substituents is 1. The van der Waals surface area contributed by atoms with E-state index in [-0.39, 0.29) is 34.2 Å². The minimum absolute atomic E-state index is 0.0459. The number of methoxy groups -OCH3 is 2. The minimum atomic E-state index is -0.632. The van der Waals surface area contributed by atoms with Crippen molar-refractivity contribution in [2.24, 2.45) is 0 Å². The molecule has 0 saturated heterocycles. The number of nitro groups is 1. The van der Waals surface area contributed by atoms with Crippen LogP contribution in [0.15, 0.2) is 36.4 Å². The predicted molar refractivity (Wildman–Crippen MR) is 82.3 cm³/mol. The van der Waals surface area contributed by atoms with Crippen LogP contribution in [0.2, 0.25) is 0 Å². The highest BCUT2D eigenvalue weighted by Gasteiger charge is 2.19. The van der Waals surface area contributed by atoms with E-state index in [4.69, 9.17) is 9.47 Å². The van der Waals surface area contributed by atoms with Crippen LogP contribution in [0.3, 0.4) is 0 Å². The molecular weight excluding hydrogens is 304 g/mol. The Morgan fingerprint density at radius 2 is 1.87 bits per heavy atom. The van der Waals surface area contributed by atoms with Crippen molar-refractivity contribution in [3.05, 3.63) is 52.1 Å². The van der Waals surface area contributed by atoms with Crippen molar-refractivity contribution in [3.63, 3.8) is 0 Å². The molecule has 0 unspecified atom stereocenters. The standard InChI is InChI=1S/C15H14N2O6/c1-22-12-5-3-4-11(18)14(12)15(19)16-10-7-6-9(17(20)21)8-13(10)23-2/h3-8,18H,1-2H3,(H,16,19). The molecule has 0 aliphatic rings. The fourth-order valence-corrected chi connectivity index (χ4v) is 2.00. The summed E-state index contributed by atoms with van der Waals surface area (Å²) >= 11 is 0. The van der Waals surface area contributed by atoms with E-state index in [2.05, 4.69) is 5.32 Å². The number of non-ortho nitro benzene ring substituents is 1. The molecule has 0 radical (unpaired) electrons. The van der Waals surface area contributed by atoms with Gasteiger partial charge in [-0.25, -0.2) is 0 Å². The smallest absolute Gasteiger partial charge is 0.273 e. The Balaban J connectivity index is 2.36. The van der Waals surface area contributed by atoms with E-state index < -0.39 is 10.8 Å². The summed E-state index contributed by atoms with van der Waals surface area (Å²) in [5, 5.41) is 23.2. The van der Waals surface area contributed by atoms with Crippen LogP contribution in [0, 0.1) is 10.1 Å². The summed E-state index contributed by atoms with van der Waals surface area (Å²) in [5.74, 6) is -0.555. The first-order valence-electron chi connectivity index (χ1n) is 6.47. The quantitative estimate of drug-likeness (QED) is 0.647. The Morgan fingerprint density at radius 3 is 2.48 bits per heavy atom. The Kier molecular flexibility index (Phi) is 4.65. The molecule has 1 amide bonds. The van der Waals surface area contributed by atoms with Crippen LogP contribution in [0.5, 0.6) is 17.2 Å². The second-order valence-electron chi connectivity index (χ2n) is 4.45. The molecule has 23 heavy (non-hydrogen) atoms. The van der Waals surface area contributed by atoms with E-state index in [1.54, 1.807) is 0 Å². The molecule has 2 aromatic carbocycles. The van der Waals surface area contributed by atoms with Gasteiger partial charge in [0, 0.05) is 6.07 Å². The number of hydrogen-bond donors (Lipinski definition) is 2. The Bertz CT molecular complexity index is 760. The molecule has 2 aromatic rings. The van der Waals surface area contributed by atoms with Crippen LogP contribution in [0.25, 0.3) is 0 Å². The van der Waals surface area contributed by atoms with Gasteiger partial charge in [0.2, 0.25) is 0 Å². The zero-order chi connectivity index (χ0) is 17.0. The average Bonchev–Trinajstić information content (AvgIpc) is 2.54. The molecule has 0 spiro atoms. The molecule has 8 heteroatoms. The highest BCUT2D eigenvalue weighted by Crippen LogP contribution is 2.32. The van der Waals surface area contributed by atoms with Gasteiger partial charge in [0.15, 0.2) is 0 Å². The number of aromatic hydroxyl groups is 1. The predicted octanol–water partition coefficient (Wildman–Crippen LogP) is 2.57. The normalized spacial score (nSPS) is 10.0. The Hall–Kier alpha value is -3.29. The van der Waals surface area contributed by atoms with Crippen molar-refractivity contribution in [2.75, 3.05) is 19.5 Å². The number of phenols is 1. The van der Waals surface area contributed by atoms with E-state index in [9.17, 15) is 20.0 Å². The summed E-state index contributed by atoms with van der Waals surface area (Å²) in [6, 6.07) is 8.20. The second kappa shape index (κ2) is 6.65. The summed E-state index contributed by atoms with van der Waals surface area (Å²) in [6.07, 6.45) is 0. The minimum Gasteiger partial charge on any atom is -0.507 e. The molecular formula is C15H14N2O6. The first-order valence-corrected chi connectivity index (χ1v) is 6.47. The fourth-order valence-electron chi connectivity index (χ4n) is 2.00. The van der Waals surface area contributed by atoms with Crippen molar-refractivity contribution in [1.29, 1.82) is 0 Å². The van der Waals surface area contributed by atoms with Crippen molar-refractivity contribution >= 4 is 17.3 Å². The van der Waals surface area contributed by atoms with Gasteiger partial charge in [-0.05, 0) is 18.2 Å². The Morgan fingerprint density at radius 1 is 1.17 bits per heavy atom. The number of anilines is 1. The number of phenolic OH excluding ortho intramolecular Hbond substituents is 1. The summed E-state index contributed by atoms with van der Waals surface area (Å²) in [6.45, 7) is 0. The SMILES string of the molecule is COc1cc([N+](=O)[O-])ccc1NC(=O)c1c(O)cccc1OC. The number of carbonyl (C=O) groups is 1. The lowest BCUT2D eigenvalue weighted by Crippen LogP contribution is -2.14. The molecule has 2 rings (SSSR count). The largest absolute Gasteiger partial charge is 0.507 e. The number of rotatable bonds is 5. The number of carbonyl (C=O) groups excluding carboxylic acids is 1. The van der Waals surface area contributed by atoms with Gasteiger partial charge in [0.1, 0.15) is 22.8 Å². The zero-order valence-corrected chi connectivity index (χ0v) is 12.4. The molecule has 0 aliphatic heterocycles. The van der Waals surface area contributed by atoms with E-state index >= 15 is 0 Å². The van der Waals surface area contributed by atoms with Gasteiger partial charge in [-0.3, -0.25) is 14.9 Å². The highest BCUT2D eigenvalue weighted by atomic mass is 16.6. The van der Waals surface area contributed by atoms with Gasteiger partial charge in [-0.2, -0.15) is 0 Å². The zero-order valence-electron chi connectivity index (χ0n) is 12.4. The van der Waals surface area contributed by atoms with Gasteiger partial charge in [0.25, 0.3) is 11.6 Å². The van der Waals surface area contributed by atoms with Crippen LogP contribution in [0.4, 0.5) is 11.4 Å². The van der Waals surface area contributed by atoms with Crippen LogP contribution in [-0.2, 0) is 0 Å². The van der Waals surface area contributed by atoms with Gasteiger partial charge in [-0.1, -0.05) is 6.07 Å². The fraction of sp³-hybridized carbons (Fsp3) is 0.133. The number of benzene rings is 2. The molecule has 0 saturated carbocycles. The van der Waals surface area contributed by atoms with Crippen LogP contribution in [0.1, 0.15) is 10.4 Å². The van der Waals surface area contributed by atoms with Crippen LogP contribution < -0.4 is 14.8 Å². The van der Waals surface area contributed by atoms with Crippen molar-refractivity contribution in [1.82, 2.24) is 0 Å². The lowest BCUT2D eigenvalue weighted by atomic mass is 10.1. The summed E-state index contributed by atoms with van der Waals surface area (Å²) in [5.41, 5.74) is 0.0174. The topological polar surface area (TPSA) is 111 Å².